The molecule has 0 bridgehead atoms. The van der Waals surface area contributed by atoms with E-state index in [0.29, 0.717) is 24.4 Å². The molecule has 1 amide bonds. The van der Waals surface area contributed by atoms with Crippen LogP contribution in [0.1, 0.15) is 22.8 Å². The molecule has 0 aromatic heterocycles. The third kappa shape index (κ3) is 3.79. The average Bonchev–Trinajstić information content (AvgIpc) is 2.50. The molecule has 2 aromatic rings. The SMILES string of the molecule is CCOc1ccc(NC(=O)c2ccc(CN)cc2)cc1F. The fraction of sp³-hybridized carbons (Fsp3) is 0.188. The van der Waals surface area contributed by atoms with E-state index in [1.807, 2.05) is 0 Å². The highest BCUT2D eigenvalue weighted by Gasteiger charge is 2.09. The lowest BCUT2D eigenvalue weighted by Crippen LogP contribution is -2.12. The molecule has 2 aromatic carbocycles. The van der Waals surface area contributed by atoms with E-state index in [9.17, 15) is 9.18 Å². The van der Waals surface area contributed by atoms with Gasteiger partial charge in [0.1, 0.15) is 0 Å². The molecule has 0 aliphatic carbocycles. The van der Waals surface area contributed by atoms with E-state index in [0.717, 1.165) is 5.56 Å². The largest absolute Gasteiger partial charge is 0.491 e. The zero-order valence-electron chi connectivity index (χ0n) is 11.7. The van der Waals surface area contributed by atoms with Crippen molar-refractivity contribution in [1.29, 1.82) is 0 Å². The molecular formula is C16H17FN2O2. The highest BCUT2D eigenvalue weighted by atomic mass is 19.1. The normalized spacial score (nSPS) is 10.2. The second-order valence-electron chi connectivity index (χ2n) is 4.43. The number of carbonyl (C=O) groups excluding carboxylic acids is 1. The summed E-state index contributed by atoms with van der Waals surface area (Å²) in [6, 6.07) is 11.3. The van der Waals surface area contributed by atoms with Crippen LogP contribution in [0.15, 0.2) is 42.5 Å². The van der Waals surface area contributed by atoms with E-state index < -0.39 is 5.82 Å². The van der Waals surface area contributed by atoms with Gasteiger partial charge in [0, 0.05) is 23.9 Å². The van der Waals surface area contributed by atoms with Crippen LogP contribution in [0.4, 0.5) is 10.1 Å². The van der Waals surface area contributed by atoms with Gasteiger partial charge in [0.15, 0.2) is 11.6 Å². The van der Waals surface area contributed by atoms with Crippen LogP contribution in [0.25, 0.3) is 0 Å². The summed E-state index contributed by atoms with van der Waals surface area (Å²) in [4.78, 5) is 12.0. The number of halogens is 1. The average molecular weight is 288 g/mol. The lowest BCUT2D eigenvalue weighted by molar-refractivity contribution is 0.102. The minimum atomic E-state index is -0.506. The van der Waals surface area contributed by atoms with Crippen molar-refractivity contribution in [2.45, 2.75) is 13.5 Å². The highest BCUT2D eigenvalue weighted by Crippen LogP contribution is 2.21. The van der Waals surface area contributed by atoms with Crippen molar-refractivity contribution < 1.29 is 13.9 Å². The van der Waals surface area contributed by atoms with E-state index in [2.05, 4.69) is 5.32 Å². The first-order valence-electron chi connectivity index (χ1n) is 6.66. The number of hydrogen-bond acceptors (Lipinski definition) is 3. The Morgan fingerprint density at radius 3 is 2.52 bits per heavy atom. The summed E-state index contributed by atoms with van der Waals surface area (Å²) in [5.41, 5.74) is 7.31. The Morgan fingerprint density at radius 1 is 1.24 bits per heavy atom. The second kappa shape index (κ2) is 6.85. The van der Waals surface area contributed by atoms with Crippen molar-refractivity contribution in [1.82, 2.24) is 0 Å². The molecule has 2 rings (SSSR count). The van der Waals surface area contributed by atoms with Gasteiger partial charge in [-0.15, -0.1) is 0 Å². The van der Waals surface area contributed by atoms with Gasteiger partial charge in [-0.05, 0) is 36.8 Å². The summed E-state index contributed by atoms with van der Waals surface area (Å²) >= 11 is 0. The molecule has 21 heavy (non-hydrogen) atoms. The van der Waals surface area contributed by atoms with Crippen LogP contribution >= 0.6 is 0 Å². The predicted molar refractivity (Wildman–Crippen MR) is 79.9 cm³/mol. The van der Waals surface area contributed by atoms with Crippen LogP contribution in [-0.4, -0.2) is 12.5 Å². The van der Waals surface area contributed by atoms with Gasteiger partial charge in [-0.3, -0.25) is 4.79 Å². The Balaban J connectivity index is 2.09. The Hall–Kier alpha value is -2.40. The number of nitrogens with two attached hydrogens (primary N) is 1. The van der Waals surface area contributed by atoms with Crippen molar-refractivity contribution in [3.63, 3.8) is 0 Å². The Labute approximate surface area is 122 Å². The van der Waals surface area contributed by atoms with E-state index in [-0.39, 0.29) is 11.7 Å². The maximum atomic E-state index is 13.7. The maximum Gasteiger partial charge on any atom is 0.255 e. The molecule has 0 aliphatic heterocycles. The van der Waals surface area contributed by atoms with Crippen LogP contribution in [0.5, 0.6) is 5.75 Å². The van der Waals surface area contributed by atoms with Gasteiger partial charge in [0.25, 0.3) is 5.91 Å². The van der Waals surface area contributed by atoms with Crippen molar-refractivity contribution in [3.8, 4) is 5.75 Å². The zero-order valence-corrected chi connectivity index (χ0v) is 11.7. The van der Waals surface area contributed by atoms with Crippen molar-refractivity contribution in [3.05, 3.63) is 59.4 Å². The maximum absolute atomic E-state index is 13.7. The van der Waals surface area contributed by atoms with Crippen LogP contribution in [0.3, 0.4) is 0 Å². The van der Waals surface area contributed by atoms with E-state index in [1.54, 1.807) is 37.3 Å². The molecule has 0 atom stereocenters. The first kappa shape index (κ1) is 15.0. The number of ether oxygens (including phenoxy) is 1. The summed E-state index contributed by atoms with van der Waals surface area (Å²) in [6.07, 6.45) is 0. The van der Waals surface area contributed by atoms with Gasteiger partial charge >= 0.3 is 0 Å². The van der Waals surface area contributed by atoms with Gasteiger partial charge < -0.3 is 15.8 Å². The van der Waals surface area contributed by atoms with Crippen molar-refractivity contribution >= 4 is 11.6 Å². The van der Waals surface area contributed by atoms with Crippen molar-refractivity contribution in [2.24, 2.45) is 5.73 Å². The summed E-state index contributed by atoms with van der Waals surface area (Å²) in [5.74, 6) is -0.641. The molecule has 0 unspecified atom stereocenters. The molecule has 0 radical (unpaired) electrons. The topological polar surface area (TPSA) is 64.3 Å². The summed E-state index contributed by atoms with van der Waals surface area (Å²) < 4.78 is 18.8. The lowest BCUT2D eigenvalue weighted by atomic mass is 10.1. The van der Waals surface area contributed by atoms with Gasteiger partial charge in [-0.25, -0.2) is 4.39 Å². The smallest absolute Gasteiger partial charge is 0.255 e. The molecule has 0 aliphatic rings. The molecule has 4 nitrogen and oxygen atoms in total. The zero-order chi connectivity index (χ0) is 15.2. The first-order chi connectivity index (χ1) is 10.1. The second-order valence-corrected chi connectivity index (χ2v) is 4.43. The van der Waals surface area contributed by atoms with Crippen LogP contribution in [0.2, 0.25) is 0 Å². The summed E-state index contributed by atoms with van der Waals surface area (Å²) in [7, 11) is 0. The highest BCUT2D eigenvalue weighted by molar-refractivity contribution is 6.04. The molecule has 5 heteroatoms. The number of carbonyl (C=O) groups is 1. The lowest BCUT2D eigenvalue weighted by Gasteiger charge is -2.08. The fourth-order valence-corrected chi connectivity index (χ4v) is 1.85. The van der Waals surface area contributed by atoms with Crippen LogP contribution in [-0.2, 0) is 6.54 Å². The molecular weight excluding hydrogens is 271 g/mol. The third-order valence-corrected chi connectivity index (χ3v) is 2.94. The molecule has 0 saturated heterocycles. The number of rotatable bonds is 5. The van der Waals surface area contributed by atoms with Gasteiger partial charge in [-0.1, -0.05) is 12.1 Å². The van der Waals surface area contributed by atoms with Crippen LogP contribution < -0.4 is 15.8 Å². The Kier molecular flexibility index (Phi) is 4.90. The molecule has 3 N–H and O–H groups in total. The molecule has 0 fully saturated rings. The number of nitrogens with one attached hydrogen (secondary N) is 1. The third-order valence-electron chi connectivity index (χ3n) is 2.94. The van der Waals surface area contributed by atoms with E-state index in [1.165, 1.54) is 12.1 Å². The minimum absolute atomic E-state index is 0.169. The molecule has 110 valence electrons. The molecule has 0 spiro atoms. The van der Waals surface area contributed by atoms with Crippen molar-refractivity contribution in [2.75, 3.05) is 11.9 Å². The number of hydrogen-bond donors (Lipinski definition) is 2. The Morgan fingerprint density at radius 2 is 1.95 bits per heavy atom. The Bertz CT molecular complexity index is 627. The molecule has 0 heterocycles. The van der Waals surface area contributed by atoms with Gasteiger partial charge in [-0.2, -0.15) is 0 Å². The fourth-order valence-electron chi connectivity index (χ4n) is 1.85. The number of benzene rings is 2. The first-order valence-corrected chi connectivity index (χ1v) is 6.66. The van der Waals surface area contributed by atoms with E-state index in [4.69, 9.17) is 10.5 Å². The monoisotopic (exact) mass is 288 g/mol. The quantitative estimate of drug-likeness (QED) is 0.889. The van der Waals surface area contributed by atoms with Crippen LogP contribution in [0, 0.1) is 5.82 Å². The number of amides is 1. The van der Waals surface area contributed by atoms with E-state index >= 15 is 0 Å². The molecule has 0 saturated carbocycles. The minimum Gasteiger partial charge on any atom is -0.491 e. The summed E-state index contributed by atoms with van der Waals surface area (Å²) in [6.45, 7) is 2.59. The predicted octanol–water partition coefficient (Wildman–Crippen LogP) is 2.94. The standard InChI is InChI=1S/C16H17FN2O2/c1-2-21-15-8-7-13(9-14(15)17)19-16(20)12-5-3-11(10-18)4-6-12/h3-9H,2,10,18H2,1H3,(H,19,20). The van der Waals surface area contributed by atoms with Gasteiger partial charge in [0.2, 0.25) is 0 Å². The van der Waals surface area contributed by atoms with Gasteiger partial charge in [0.05, 0.1) is 6.61 Å². The number of anilines is 1. The summed E-state index contributed by atoms with van der Waals surface area (Å²) in [5, 5.41) is 2.64.